The maximum atomic E-state index is 12.4. The zero-order chi connectivity index (χ0) is 20.6. The van der Waals surface area contributed by atoms with E-state index < -0.39 is 10.0 Å². The van der Waals surface area contributed by atoms with Gasteiger partial charge in [0, 0.05) is 12.1 Å². The third kappa shape index (κ3) is 5.49. The van der Waals surface area contributed by atoms with Gasteiger partial charge >= 0.3 is 0 Å². The monoisotopic (exact) mass is 402 g/mol. The first-order chi connectivity index (χ1) is 13.4. The molecule has 7 nitrogen and oxygen atoms in total. The first-order valence-corrected chi connectivity index (χ1v) is 9.92. The summed E-state index contributed by atoms with van der Waals surface area (Å²) in [5, 5.41) is 2.78. The topological polar surface area (TPSA) is 93.7 Å². The van der Waals surface area contributed by atoms with Crippen molar-refractivity contribution in [3.05, 3.63) is 53.6 Å². The second-order valence-electron chi connectivity index (χ2n) is 5.74. The van der Waals surface area contributed by atoms with E-state index >= 15 is 0 Å². The molecule has 0 aromatic heterocycles. The molecule has 0 aliphatic carbocycles. The molecule has 0 aliphatic heterocycles. The number of methoxy groups -OCH3 is 2. The van der Waals surface area contributed by atoms with Gasteiger partial charge in [-0.15, -0.1) is 6.42 Å². The van der Waals surface area contributed by atoms with Crippen molar-refractivity contribution in [2.75, 3.05) is 27.3 Å². The first kappa shape index (κ1) is 21.3. The smallest absolute Gasteiger partial charge is 0.251 e. The number of amides is 1. The van der Waals surface area contributed by atoms with Gasteiger partial charge in [-0.05, 0) is 48.4 Å². The number of carbonyl (C=O) groups is 1. The van der Waals surface area contributed by atoms with Crippen molar-refractivity contribution < 1.29 is 22.7 Å². The molecule has 0 saturated carbocycles. The molecule has 0 aliphatic rings. The van der Waals surface area contributed by atoms with Gasteiger partial charge in [-0.1, -0.05) is 12.0 Å². The van der Waals surface area contributed by atoms with E-state index in [1.807, 2.05) is 6.07 Å². The second kappa shape index (κ2) is 9.78. The van der Waals surface area contributed by atoms with E-state index in [0.717, 1.165) is 5.56 Å². The van der Waals surface area contributed by atoms with Crippen LogP contribution in [0.5, 0.6) is 11.5 Å². The van der Waals surface area contributed by atoms with Gasteiger partial charge in [0.1, 0.15) is 11.5 Å². The number of hydrogen-bond donors (Lipinski definition) is 2. The lowest BCUT2D eigenvalue weighted by atomic mass is 10.1. The van der Waals surface area contributed by atoms with Crippen LogP contribution in [0.15, 0.2) is 47.4 Å². The lowest BCUT2D eigenvalue weighted by Gasteiger charge is -2.11. The van der Waals surface area contributed by atoms with E-state index in [-0.39, 0.29) is 22.9 Å². The fourth-order valence-electron chi connectivity index (χ4n) is 2.51. The van der Waals surface area contributed by atoms with Gasteiger partial charge < -0.3 is 14.8 Å². The van der Waals surface area contributed by atoms with Gasteiger partial charge in [0.25, 0.3) is 5.91 Å². The summed E-state index contributed by atoms with van der Waals surface area (Å²) >= 11 is 0. The van der Waals surface area contributed by atoms with Crippen LogP contribution in [-0.4, -0.2) is 41.6 Å². The Bertz CT molecular complexity index is 980. The summed E-state index contributed by atoms with van der Waals surface area (Å²) in [6, 6.07) is 11.2. The van der Waals surface area contributed by atoms with Crippen molar-refractivity contribution in [2.24, 2.45) is 0 Å². The second-order valence-corrected chi connectivity index (χ2v) is 7.51. The van der Waals surface area contributed by atoms with Crippen LogP contribution in [0.2, 0.25) is 0 Å². The molecule has 0 atom stereocenters. The van der Waals surface area contributed by atoms with E-state index in [1.54, 1.807) is 32.4 Å². The van der Waals surface area contributed by atoms with Crippen molar-refractivity contribution in [3.63, 3.8) is 0 Å². The molecule has 0 saturated heterocycles. The Balaban J connectivity index is 2.05. The summed E-state index contributed by atoms with van der Waals surface area (Å²) < 4.78 is 37.0. The van der Waals surface area contributed by atoms with Crippen molar-refractivity contribution >= 4 is 15.9 Å². The summed E-state index contributed by atoms with van der Waals surface area (Å²) in [6.45, 7) is 0.218. The van der Waals surface area contributed by atoms with E-state index in [9.17, 15) is 13.2 Å². The van der Waals surface area contributed by atoms with E-state index in [0.29, 0.717) is 24.5 Å². The number of ether oxygens (including phenoxy) is 2. The summed E-state index contributed by atoms with van der Waals surface area (Å²) in [4.78, 5) is 12.4. The number of sulfonamides is 1. The molecule has 28 heavy (non-hydrogen) atoms. The summed E-state index contributed by atoms with van der Waals surface area (Å²) in [7, 11) is -0.612. The van der Waals surface area contributed by atoms with Crippen LogP contribution in [0.25, 0.3) is 0 Å². The molecular formula is C20H22N2O5S. The van der Waals surface area contributed by atoms with Crippen LogP contribution in [0.1, 0.15) is 15.9 Å². The zero-order valence-electron chi connectivity index (χ0n) is 15.7. The molecule has 0 heterocycles. The maximum absolute atomic E-state index is 12.4. The third-order valence-corrected chi connectivity index (χ3v) is 5.34. The Morgan fingerprint density at radius 1 is 1.14 bits per heavy atom. The Labute approximate surface area is 165 Å². The minimum Gasteiger partial charge on any atom is -0.497 e. The predicted molar refractivity (Wildman–Crippen MR) is 106 cm³/mol. The highest BCUT2D eigenvalue weighted by atomic mass is 32.2. The molecule has 148 valence electrons. The van der Waals surface area contributed by atoms with Crippen molar-refractivity contribution in [1.29, 1.82) is 0 Å². The number of terminal acetylenes is 1. The Kier molecular flexibility index (Phi) is 7.44. The first-order valence-electron chi connectivity index (χ1n) is 8.43. The highest BCUT2D eigenvalue weighted by Gasteiger charge is 2.15. The van der Waals surface area contributed by atoms with Crippen molar-refractivity contribution in [3.8, 4) is 23.8 Å². The Morgan fingerprint density at radius 3 is 2.61 bits per heavy atom. The average molecular weight is 402 g/mol. The molecule has 0 fully saturated rings. The molecule has 2 N–H and O–H groups in total. The van der Waals surface area contributed by atoms with Gasteiger partial charge in [0.05, 0.1) is 25.7 Å². The highest BCUT2D eigenvalue weighted by molar-refractivity contribution is 7.89. The quantitative estimate of drug-likeness (QED) is 0.622. The molecule has 0 unspecified atom stereocenters. The van der Waals surface area contributed by atoms with Gasteiger partial charge in [-0.2, -0.15) is 4.72 Å². The average Bonchev–Trinajstić information content (AvgIpc) is 2.72. The molecule has 2 aromatic carbocycles. The highest BCUT2D eigenvalue weighted by Crippen LogP contribution is 2.24. The largest absolute Gasteiger partial charge is 0.497 e. The van der Waals surface area contributed by atoms with Crippen LogP contribution < -0.4 is 19.5 Å². The SMILES string of the molecule is C#CCNS(=O)(=O)c1cccc(C(=O)NCCc2cc(OC)ccc2OC)c1. The van der Waals surface area contributed by atoms with Gasteiger partial charge in [0.15, 0.2) is 0 Å². The molecule has 0 spiro atoms. The van der Waals surface area contributed by atoms with Crippen LogP contribution in [0.4, 0.5) is 0 Å². The fourth-order valence-corrected chi connectivity index (χ4v) is 3.49. The maximum Gasteiger partial charge on any atom is 0.251 e. The standard InChI is InChI=1S/C20H22N2O5S/c1-4-11-22-28(24,25)18-7-5-6-16(14-18)20(23)21-12-10-15-13-17(26-2)8-9-19(15)27-3/h1,5-9,13-14,22H,10-12H2,2-3H3,(H,21,23). The van der Waals surface area contributed by atoms with E-state index in [4.69, 9.17) is 15.9 Å². The summed E-state index contributed by atoms with van der Waals surface area (Å²) in [5.74, 6) is 3.22. The number of hydrogen-bond acceptors (Lipinski definition) is 5. The molecule has 8 heteroatoms. The van der Waals surface area contributed by atoms with E-state index in [1.165, 1.54) is 18.2 Å². The van der Waals surface area contributed by atoms with Crippen LogP contribution in [0.3, 0.4) is 0 Å². The van der Waals surface area contributed by atoms with Gasteiger partial charge in [0.2, 0.25) is 10.0 Å². The minimum absolute atomic E-state index is 0.0233. The zero-order valence-corrected chi connectivity index (χ0v) is 16.5. The Morgan fingerprint density at radius 2 is 1.93 bits per heavy atom. The lowest BCUT2D eigenvalue weighted by molar-refractivity contribution is 0.0954. The molecule has 0 radical (unpaired) electrons. The molecule has 1 amide bonds. The summed E-state index contributed by atoms with van der Waals surface area (Å²) in [6.07, 6.45) is 5.60. The minimum atomic E-state index is -3.76. The Hall–Kier alpha value is -3.02. The fraction of sp³-hybridized carbons (Fsp3) is 0.250. The van der Waals surface area contributed by atoms with Crippen LogP contribution in [-0.2, 0) is 16.4 Å². The number of rotatable bonds is 9. The number of benzene rings is 2. The number of carbonyl (C=O) groups excluding carboxylic acids is 1. The summed E-state index contributed by atoms with van der Waals surface area (Å²) in [5.41, 5.74) is 1.12. The molecule has 0 bridgehead atoms. The normalized spacial score (nSPS) is 10.8. The van der Waals surface area contributed by atoms with Crippen molar-refractivity contribution in [2.45, 2.75) is 11.3 Å². The van der Waals surface area contributed by atoms with Crippen LogP contribution in [0, 0.1) is 12.3 Å². The van der Waals surface area contributed by atoms with Gasteiger partial charge in [-0.3, -0.25) is 4.79 Å². The van der Waals surface area contributed by atoms with Gasteiger partial charge in [-0.25, -0.2) is 8.42 Å². The molecule has 2 aromatic rings. The molecular weight excluding hydrogens is 380 g/mol. The van der Waals surface area contributed by atoms with E-state index in [2.05, 4.69) is 16.0 Å². The molecule has 2 rings (SSSR count). The van der Waals surface area contributed by atoms with Crippen LogP contribution >= 0.6 is 0 Å². The predicted octanol–water partition coefficient (Wildman–Crippen LogP) is 1.59. The third-order valence-electron chi connectivity index (χ3n) is 3.94. The number of nitrogens with one attached hydrogen (secondary N) is 2. The lowest BCUT2D eigenvalue weighted by Crippen LogP contribution is -2.27. The van der Waals surface area contributed by atoms with Crippen molar-refractivity contribution in [1.82, 2.24) is 10.0 Å².